The van der Waals surface area contributed by atoms with Gasteiger partial charge in [-0.2, -0.15) is 4.31 Å². The van der Waals surface area contributed by atoms with E-state index >= 15 is 0 Å². The van der Waals surface area contributed by atoms with Crippen LogP contribution >= 0.6 is 0 Å². The van der Waals surface area contributed by atoms with Crippen molar-refractivity contribution in [3.8, 4) is 0 Å². The van der Waals surface area contributed by atoms with Crippen LogP contribution < -0.4 is 5.56 Å². The van der Waals surface area contributed by atoms with Crippen molar-refractivity contribution in [1.82, 2.24) is 14.2 Å². The summed E-state index contributed by atoms with van der Waals surface area (Å²) in [6.45, 7) is 5.62. The van der Waals surface area contributed by atoms with E-state index in [1.54, 1.807) is 20.8 Å². The van der Waals surface area contributed by atoms with Crippen molar-refractivity contribution >= 4 is 32.8 Å². The summed E-state index contributed by atoms with van der Waals surface area (Å²) in [5, 5.41) is 0.276. The Labute approximate surface area is 169 Å². The summed E-state index contributed by atoms with van der Waals surface area (Å²) in [7, 11) is -2.34. The molecular formula is C19H25N3O6S. The summed E-state index contributed by atoms with van der Waals surface area (Å²) < 4.78 is 31.8. The number of nitrogens with zero attached hydrogens (tertiary/aromatic N) is 2. The number of aromatic nitrogens is 1. The van der Waals surface area contributed by atoms with Gasteiger partial charge in [-0.25, -0.2) is 8.42 Å². The summed E-state index contributed by atoms with van der Waals surface area (Å²) >= 11 is 0. The number of esters is 1. The summed E-state index contributed by atoms with van der Waals surface area (Å²) in [5.74, 6) is -1.17. The second kappa shape index (κ2) is 9.19. The standard InChI is InChI=1S/C19H25N3O6S/c1-5-22(6-2)29(26,27)13-8-9-16-14(10-13)15(11-17(23)20-16)19(25)21(4)12-18(24)28-7-3/h8-11H,5-7,12H2,1-4H3,(H,20,23). The predicted octanol–water partition coefficient (Wildman–Crippen LogP) is 1.19. The first-order valence-electron chi connectivity index (χ1n) is 9.23. The monoisotopic (exact) mass is 423 g/mol. The molecule has 1 amide bonds. The second-order valence-electron chi connectivity index (χ2n) is 6.31. The highest BCUT2D eigenvalue weighted by Crippen LogP contribution is 2.23. The van der Waals surface area contributed by atoms with Crippen molar-refractivity contribution in [2.75, 3.05) is 33.3 Å². The third kappa shape index (κ3) is 4.83. The van der Waals surface area contributed by atoms with E-state index in [-0.39, 0.29) is 29.0 Å². The van der Waals surface area contributed by atoms with Gasteiger partial charge >= 0.3 is 5.97 Å². The molecule has 1 N–H and O–H groups in total. The van der Waals surface area contributed by atoms with Crippen LogP contribution in [0.3, 0.4) is 0 Å². The molecule has 2 aromatic rings. The maximum Gasteiger partial charge on any atom is 0.325 e. The fraction of sp³-hybridized carbons (Fsp3) is 0.421. The number of H-pyrrole nitrogens is 1. The lowest BCUT2D eigenvalue weighted by Gasteiger charge is -2.20. The molecule has 0 saturated heterocycles. The summed E-state index contributed by atoms with van der Waals surface area (Å²) in [6.07, 6.45) is 0. The number of fused-ring (bicyclic) bond motifs is 1. The number of sulfonamides is 1. The third-order valence-corrected chi connectivity index (χ3v) is 6.45. The number of hydrogen-bond donors (Lipinski definition) is 1. The highest BCUT2D eigenvalue weighted by molar-refractivity contribution is 7.89. The Balaban J connectivity index is 2.57. The minimum absolute atomic E-state index is 0.00662. The molecule has 0 bridgehead atoms. The first kappa shape index (κ1) is 22.6. The first-order chi connectivity index (χ1) is 13.6. The molecule has 29 heavy (non-hydrogen) atoms. The molecule has 0 unspecified atom stereocenters. The number of carbonyl (C=O) groups is 2. The average molecular weight is 423 g/mol. The van der Waals surface area contributed by atoms with E-state index < -0.39 is 27.5 Å². The zero-order valence-electron chi connectivity index (χ0n) is 16.9. The Kier molecular flexibility index (Phi) is 7.15. The molecule has 0 spiro atoms. The topological polar surface area (TPSA) is 117 Å². The van der Waals surface area contributed by atoms with Crippen molar-refractivity contribution in [1.29, 1.82) is 0 Å². The van der Waals surface area contributed by atoms with E-state index in [1.807, 2.05) is 0 Å². The molecule has 1 aromatic carbocycles. The SMILES string of the molecule is CCOC(=O)CN(C)C(=O)c1cc(=O)[nH]c2ccc(S(=O)(=O)N(CC)CC)cc12. The number of aromatic amines is 1. The molecule has 1 heterocycles. The fourth-order valence-electron chi connectivity index (χ4n) is 2.96. The molecule has 0 fully saturated rings. The van der Waals surface area contributed by atoms with Gasteiger partial charge in [-0.15, -0.1) is 0 Å². The fourth-order valence-corrected chi connectivity index (χ4v) is 4.45. The third-order valence-electron chi connectivity index (χ3n) is 4.41. The van der Waals surface area contributed by atoms with E-state index in [4.69, 9.17) is 4.74 Å². The van der Waals surface area contributed by atoms with E-state index in [1.165, 1.54) is 29.6 Å². The quantitative estimate of drug-likeness (QED) is 0.638. The molecule has 0 aliphatic heterocycles. The number of carbonyl (C=O) groups excluding carboxylic acids is 2. The van der Waals surface area contributed by atoms with Crippen LogP contribution in [0, 0.1) is 0 Å². The molecule has 1 aromatic heterocycles. The summed E-state index contributed by atoms with van der Waals surface area (Å²) in [6, 6.07) is 5.31. The predicted molar refractivity (Wildman–Crippen MR) is 108 cm³/mol. The van der Waals surface area contributed by atoms with Gasteiger partial charge in [0.2, 0.25) is 15.6 Å². The molecular weight excluding hydrogens is 398 g/mol. The van der Waals surface area contributed by atoms with E-state index in [2.05, 4.69) is 4.98 Å². The van der Waals surface area contributed by atoms with Gasteiger partial charge in [0.15, 0.2) is 0 Å². The second-order valence-corrected chi connectivity index (χ2v) is 8.25. The first-order valence-corrected chi connectivity index (χ1v) is 10.7. The Morgan fingerprint density at radius 2 is 1.76 bits per heavy atom. The van der Waals surface area contributed by atoms with Gasteiger partial charge in [0.25, 0.3) is 5.91 Å². The zero-order chi connectivity index (χ0) is 21.8. The van der Waals surface area contributed by atoms with Crippen LogP contribution in [0.5, 0.6) is 0 Å². The van der Waals surface area contributed by atoms with Crippen molar-refractivity contribution in [2.24, 2.45) is 0 Å². The lowest BCUT2D eigenvalue weighted by molar-refractivity contribution is -0.143. The molecule has 158 valence electrons. The number of ether oxygens (including phenoxy) is 1. The van der Waals surface area contributed by atoms with Crippen molar-refractivity contribution in [2.45, 2.75) is 25.7 Å². The maximum absolute atomic E-state index is 12.9. The van der Waals surface area contributed by atoms with Gasteiger partial charge in [-0.1, -0.05) is 13.8 Å². The zero-order valence-corrected chi connectivity index (χ0v) is 17.7. The van der Waals surface area contributed by atoms with Gasteiger partial charge < -0.3 is 14.6 Å². The number of benzene rings is 1. The molecule has 0 radical (unpaired) electrons. The van der Waals surface area contributed by atoms with Gasteiger partial charge in [-0.3, -0.25) is 14.4 Å². The van der Waals surface area contributed by atoms with E-state index in [0.717, 1.165) is 11.0 Å². The highest BCUT2D eigenvalue weighted by atomic mass is 32.2. The van der Waals surface area contributed by atoms with Crippen LogP contribution in [0.1, 0.15) is 31.1 Å². The average Bonchev–Trinajstić information content (AvgIpc) is 2.67. The minimum atomic E-state index is -3.75. The van der Waals surface area contributed by atoms with Crippen molar-refractivity contribution in [3.63, 3.8) is 0 Å². The Morgan fingerprint density at radius 3 is 2.34 bits per heavy atom. The van der Waals surface area contributed by atoms with Gasteiger partial charge in [0.1, 0.15) is 6.54 Å². The van der Waals surface area contributed by atoms with Gasteiger partial charge in [0.05, 0.1) is 17.1 Å². The van der Waals surface area contributed by atoms with Crippen LogP contribution in [-0.2, 0) is 19.6 Å². The molecule has 0 aliphatic rings. The largest absolute Gasteiger partial charge is 0.465 e. The van der Waals surface area contributed by atoms with Crippen LogP contribution in [0.15, 0.2) is 34.0 Å². The smallest absolute Gasteiger partial charge is 0.325 e. The van der Waals surface area contributed by atoms with E-state index in [0.29, 0.717) is 18.6 Å². The van der Waals surface area contributed by atoms with Gasteiger partial charge in [0, 0.05) is 37.1 Å². The molecule has 0 aliphatic carbocycles. The Morgan fingerprint density at radius 1 is 1.10 bits per heavy atom. The van der Waals surface area contributed by atoms with Crippen LogP contribution in [0.4, 0.5) is 0 Å². The van der Waals surface area contributed by atoms with E-state index in [9.17, 15) is 22.8 Å². The number of likely N-dealkylation sites (N-methyl/N-ethyl adjacent to an activating group) is 1. The Hall–Kier alpha value is -2.72. The number of nitrogens with one attached hydrogen (secondary N) is 1. The van der Waals surface area contributed by atoms with Crippen LogP contribution in [-0.4, -0.2) is 67.8 Å². The highest BCUT2D eigenvalue weighted by Gasteiger charge is 2.24. The molecule has 0 saturated carbocycles. The van der Waals surface area contributed by atoms with Gasteiger partial charge in [-0.05, 0) is 25.1 Å². The van der Waals surface area contributed by atoms with Crippen LogP contribution in [0.25, 0.3) is 10.9 Å². The van der Waals surface area contributed by atoms with Crippen molar-refractivity contribution in [3.05, 3.63) is 40.2 Å². The maximum atomic E-state index is 12.9. The lowest BCUT2D eigenvalue weighted by Crippen LogP contribution is -2.34. The normalized spacial score (nSPS) is 11.6. The molecule has 9 nitrogen and oxygen atoms in total. The molecule has 0 atom stereocenters. The molecule has 2 rings (SSSR count). The number of rotatable bonds is 8. The summed E-state index contributed by atoms with van der Waals surface area (Å²) in [5.41, 5.74) is -0.180. The summed E-state index contributed by atoms with van der Waals surface area (Å²) in [4.78, 5) is 40.3. The lowest BCUT2D eigenvalue weighted by atomic mass is 10.1. The van der Waals surface area contributed by atoms with Crippen LogP contribution in [0.2, 0.25) is 0 Å². The number of pyridine rings is 1. The minimum Gasteiger partial charge on any atom is -0.465 e. The molecule has 10 heteroatoms. The van der Waals surface area contributed by atoms with Crippen molar-refractivity contribution < 1.29 is 22.7 Å². The Bertz CT molecular complexity index is 1070. The number of hydrogen-bond acceptors (Lipinski definition) is 6. The number of amides is 1.